The van der Waals surface area contributed by atoms with E-state index in [4.69, 9.17) is 4.74 Å². The summed E-state index contributed by atoms with van der Waals surface area (Å²) in [5.74, 6) is 0.184. The van der Waals surface area contributed by atoms with Gasteiger partial charge in [-0.05, 0) is 55.0 Å². The van der Waals surface area contributed by atoms with E-state index in [0.717, 1.165) is 29.0 Å². The van der Waals surface area contributed by atoms with Gasteiger partial charge in [-0.3, -0.25) is 10.1 Å². The maximum Gasteiger partial charge on any atom is 0.257 e. The molecule has 1 amide bonds. The lowest BCUT2D eigenvalue weighted by Gasteiger charge is -2.03. The van der Waals surface area contributed by atoms with Crippen LogP contribution in [-0.4, -0.2) is 18.0 Å². The molecule has 134 valence electrons. The summed E-state index contributed by atoms with van der Waals surface area (Å²) in [6, 6.07) is 13.1. The van der Waals surface area contributed by atoms with E-state index >= 15 is 0 Å². The number of hydrogen-bond acceptors (Lipinski definition) is 4. The van der Waals surface area contributed by atoms with Gasteiger partial charge in [0.05, 0.1) is 12.8 Å². The smallest absolute Gasteiger partial charge is 0.257 e. The Balaban J connectivity index is 1.84. The molecule has 26 heavy (non-hydrogen) atoms. The average Bonchev–Trinajstić information content (AvgIpc) is 3.05. The molecule has 0 saturated carbocycles. The highest BCUT2D eigenvalue weighted by Crippen LogP contribution is 2.32. The lowest BCUT2D eigenvalue weighted by atomic mass is 10.1. The van der Waals surface area contributed by atoms with Crippen molar-refractivity contribution in [1.82, 2.24) is 4.98 Å². The lowest BCUT2D eigenvalue weighted by Crippen LogP contribution is -2.11. The number of aryl methyl sites for hydroxylation is 1. The second-order valence-corrected chi connectivity index (χ2v) is 6.81. The van der Waals surface area contributed by atoms with Gasteiger partial charge in [-0.25, -0.2) is 9.37 Å². The molecule has 3 aromatic rings. The Labute approximate surface area is 155 Å². The van der Waals surface area contributed by atoms with Crippen LogP contribution in [0.1, 0.15) is 28.6 Å². The molecular weight excluding hydrogens is 351 g/mol. The van der Waals surface area contributed by atoms with E-state index in [1.54, 1.807) is 43.5 Å². The molecule has 0 aliphatic rings. The summed E-state index contributed by atoms with van der Waals surface area (Å²) >= 11 is 1.45. The second-order valence-electron chi connectivity index (χ2n) is 5.73. The molecule has 6 heteroatoms. The zero-order valence-electron chi connectivity index (χ0n) is 14.6. The van der Waals surface area contributed by atoms with Crippen molar-refractivity contribution in [1.29, 1.82) is 0 Å². The Kier molecular flexibility index (Phi) is 5.63. The van der Waals surface area contributed by atoms with Gasteiger partial charge >= 0.3 is 0 Å². The highest BCUT2D eigenvalue weighted by atomic mass is 32.1. The van der Waals surface area contributed by atoms with Crippen molar-refractivity contribution in [2.75, 3.05) is 12.4 Å². The number of benzene rings is 2. The van der Waals surface area contributed by atoms with E-state index < -0.39 is 0 Å². The fraction of sp³-hybridized carbons (Fsp3) is 0.200. The predicted octanol–water partition coefficient (Wildman–Crippen LogP) is 5.16. The Morgan fingerprint density at radius 1 is 1.15 bits per heavy atom. The third-order valence-corrected chi connectivity index (χ3v) is 4.90. The van der Waals surface area contributed by atoms with Crippen molar-refractivity contribution < 1.29 is 13.9 Å². The van der Waals surface area contributed by atoms with E-state index in [-0.39, 0.29) is 11.7 Å². The van der Waals surface area contributed by atoms with Crippen LogP contribution in [0.2, 0.25) is 0 Å². The van der Waals surface area contributed by atoms with Gasteiger partial charge in [0.25, 0.3) is 5.91 Å². The first kappa shape index (κ1) is 18.1. The van der Waals surface area contributed by atoms with Gasteiger partial charge in [0, 0.05) is 16.0 Å². The minimum absolute atomic E-state index is 0.227. The quantitative estimate of drug-likeness (QED) is 0.652. The van der Waals surface area contributed by atoms with Crippen LogP contribution in [0.25, 0.3) is 11.3 Å². The first-order chi connectivity index (χ1) is 12.6. The number of thiazole rings is 1. The molecule has 2 aromatic carbocycles. The van der Waals surface area contributed by atoms with Gasteiger partial charge in [0.15, 0.2) is 5.13 Å². The normalized spacial score (nSPS) is 10.6. The number of nitrogens with one attached hydrogen (secondary N) is 1. The number of ether oxygens (including phenoxy) is 1. The number of anilines is 1. The minimum atomic E-state index is -0.283. The maximum absolute atomic E-state index is 13.2. The Morgan fingerprint density at radius 3 is 2.46 bits per heavy atom. The molecule has 0 radical (unpaired) electrons. The highest BCUT2D eigenvalue weighted by Gasteiger charge is 2.15. The largest absolute Gasteiger partial charge is 0.497 e. The van der Waals surface area contributed by atoms with Crippen LogP contribution in [0.4, 0.5) is 9.52 Å². The summed E-state index contributed by atoms with van der Waals surface area (Å²) in [5.41, 5.74) is 2.17. The number of rotatable bonds is 6. The SMILES string of the molecule is CCCc1sc(NC(=O)c2ccc(OC)cc2)nc1-c1ccc(F)cc1. The van der Waals surface area contributed by atoms with Gasteiger partial charge in [-0.1, -0.05) is 13.3 Å². The molecule has 0 saturated heterocycles. The monoisotopic (exact) mass is 370 g/mol. The van der Waals surface area contributed by atoms with Crippen molar-refractivity contribution in [2.24, 2.45) is 0 Å². The number of halogens is 1. The molecular formula is C20H19FN2O2S. The van der Waals surface area contributed by atoms with Gasteiger partial charge in [0.2, 0.25) is 0 Å². The number of nitrogens with zero attached hydrogens (tertiary/aromatic N) is 1. The molecule has 0 spiro atoms. The summed E-state index contributed by atoms with van der Waals surface area (Å²) in [7, 11) is 1.58. The lowest BCUT2D eigenvalue weighted by molar-refractivity contribution is 0.102. The van der Waals surface area contributed by atoms with Crippen LogP contribution in [0, 0.1) is 5.82 Å². The van der Waals surface area contributed by atoms with E-state index in [2.05, 4.69) is 17.2 Å². The summed E-state index contributed by atoms with van der Waals surface area (Å²) in [4.78, 5) is 18.1. The Hall–Kier alpha value is -2.73. The Morgan fingerprint density at radius 2 is 1.85 bits per heavy atom. The van der Waals surface area contributed by atoms with Crippen molar-refractivity contribution in [3.8, 4) is 17.0 Å². The molecule has 0 fully saturated rings. The van der Waals surface area contributed by atoms with Crippen molar-refractivity contribution in [3.05, 3.63) is 64.8 Å². The molecule has 0 unspecified atom stereocenters. The predicted molar refractivity (Wildman–Crippen MR) is 102 cm³/mol. The van der Waals surface area contributed by atoms with Crippen LogP contribution >= 0.6 is 11.3 Å². The summed E-state index contributed by atoms with van der Waals surface area (Å²) in [6.45, 7) is 2.09. The summed E-state index contributed by atoms with van der Waals surface area (Å²) < 4.78 is 18.3. The summed E-state index contributed by atoms with van der Waals surface area (Å²) in [5, 5.41) is 3.39. The molecule has 1 heterocycles. The third-order valence-electron chi connectivity index (χ3n) is 3.86. The maximum atomic E-state index is 13.2. The average molecular weight is 370 g/mol. The molecule has 0 aliphatic heterocycles. The molecule has 3 rings (SSSR count). The number of hydrogen-bond donors (Lipinski definition) is 1. The van der Waals surface area contributed by atoms with E-state index in [1.165, 1.54) is 23.5 Å². The third kappa shape index (κ3) is 4.08. The first-order valence-corrected chi connectivity index (χ1v) is 9.13. The molecule has 0 aliphatic carbocycles. The van der Waals surface area contributed by atoms with Crippen molar-refractivity contribution in [2.45, 2.75) is 19.8 Å². The zero-order valence-corrected chi connectivity index (χ0v) is 15.4. The molecule has 0 atom stereocenters. The van der Waals surface area contributed by atoms with Gasteiger partial charge in [-0.15, -0.1) is 11.3 Å². The van der Waals surface area contributed by atoms with Gasteiger partial charge in [0.1, 0.15) is 11.6 Å². The fourth-order valence-corrected chi connectivity index (χ4v) is 3.63. The molecule has 1 N–H and O–H groups in total. The van der Waals surface area contributed by atoms with Gasteiger partial charge in [-0.2, -0.15) is 0 Å². The van der Waals surface area contributed by atoms with Crippen LogP contribution in [0.15, 0.2) is 48.5 Å². The van der Waals surface area contributed by atoms with E-state index in [0.29, 0.717) is 16.4 Å². The Bertz CT molecular complexity index is 889. The topological polar surface area (TPSA) is 51.2 Å². The summed E-state index contributed by atoms with van der Waals surface area (Å²) in [6.07, 6.45) is 1.81. The standard InChI is InChI=1S/C20H19FN2O2S/c1-3-4-17-18(13-5-9-15(21)10-6-13)22-20(26-17)23-19(24)14-7-11-16(25-2)12-8-14/h5-12H,3-4H2,1-2H3,(H,22,23,24). The molecule has 1 aromatic heterocycles. The van der Waals surface area contributed by atoms with Crippen LogP contribution < -0.4 is 10.1 Å². The molecule has 4 nitrogen and oxygen atoms in total. The van der Waals surface area contributed by atoms with E-state index in [9.17, 15) is 9.18 Å². The minimum Gasteiger partial charge on any atom is -0.497 e. The molecule has 0 bridgehead atoms. The number of carbonyl (C=O) groups is 1. The second kappa shape index (κ2) is 8.10. The number of aromatic nitrogens is 1. The number of carbonyl (C=O) groups excluding carboxylic acids is 1. The van der Waals surface area contributed by atoms with Crippen LogP contribution in [-0.2, 0) is 6.42 Å². The van der Waals surface area contributed by atoms with Crippen molar-refractivity contribution >= 4 is 22.4 Å². The number of methoxy groups -OCH3 is 1. The van der Waals surface area contributed by atoms with Crippen LogP contribution in [0.5, 0.6) is 5.75 Å². The fourth-order valence-electron chi connectivity index (χ4n) is 2.55. The van der Waals surface area contributed by atoms with Crippen LogP contribution in [0.3, 0.4) is 0 Å². The highest BCUT2D eigenvalue weighted by molar-refractivity contribution is 7.16. The van der Waals surface area contributed by atoms with Crippen molar-refractivity contribution in [3.63, 3.8) is 0 Å². The zero-order chi connectivity index (χ0) is 18.5. The van der Waals surface area contributed by atoms with E-state index in [1.807, 2.05) is 0 Å². The number of amides is 1. The first-order valence-electron chi connectivity index (χ1n) is 8.31. The van der Waals surface area contributed by atoms with Gasteiger partial charge < -0.3 is 4.74 Å².